The molecule has 1 aromatic rings. The lowest BCUT2D eigenvalue weighted by atomic mass is 9.97. The van der Waals surface area contributed by atoms with Crippen LogP contribution in [-0.4, -0.2) is 38.3 Å². The third-order valence-electron chi connectivity index (χ3n) is 3.97. The molecule has 23 heavy (non-hydrogen) atoms. The van der Waals surface area contributed by atoms with Crippen LogP contribution in [0.5, 0.6) is 0 Å². The molecule has 6 nitrogen and oxygen atoms in total. The van der Waals surface area contributed by atoms with Gasteiger partial charge >= 0.3 is 0 Å². The van der Waals surface area contributed by atoms with E-state index in [1.807, 2.05) is 13.0 Å². The van der Waals surface area contributed by atoms with Gasteiger partial charge in [0, 0.05) is 25.6 Å². The topological polar surface area (TPSA) is 90.3 Å². The number of sulfonamides is 1. The molecule has 1 aromatic carbocycles. The van der Waals surface area contributed by atoms with Crippen LogP contribution < -0.4 is 5.32 Å². The molecule has 0 spiro atoms. The summed E-state index contributed by atoms with van der Waals surface area (Å²) in [5.41, 5.74) is 1.06. The lowest BCUT2D eigenvalue weighted by Gasteiger charge is -2.30. The second kappa shape index (κ2) is 7.57. The first-order valence-electron chi connectivity index (χ1n) is 7.71. The fourth-order valence-corrected chi connectivity index (χ4v) is 4.30. The van der Waals surface area contributed by atoms with Gasteiger partial charge in [-0.05, 0) is 37.5 Å². The lowest BCUT2D eigenvalue weighted by Crippen LogP contribution is -2.43. The zero-order valence-electron chi connectivity index (χ0n) is 13.2. The molecule has 7 heteroatoms. The van der Waals surface area contributed by atoms with Crippen LogP contribution in [0.2, 0.25) is 0 Å². The summed E-state index contributed by atoms with van der Waals surface area (Å²) in [6.07, 6.45) is 1.09. The molecule has 1 aliphatic rings. The molecule has 0 aromatic heterocycles. The maximum atomic E-state index is 12.5. The maximum Gasteiger partial charge on any atom is 0.223 e. The van der Waals surface area contributed by atoms with Crippen molar-refractivity contribution in [1.29, 1.82) is 5.26 Å². The van der Waals surface area contributed by atoms with Gasteiger partial charge in [-0.1, -0.05) is 12.1 Å². The molecule has 1 aliphatic heterocycles. The molecule has 1 fully saturated rings. The zero-order valence-corrected chi connectivity index (χ0v) is 14.0. The van der Waals surface area contributed by atoms with E-state index < -0.39 is 10.0 Å². The standard InChI is InChI=1S/C16H21N3O3S/c1-2-18-16(20)15-6-8-19(9-7-15)23(21,22)12-14-5-3-4-13(10-14)11-17/h3-5,10,15H,2,6-9,12H2,1H3,(H,18,20). The molecular weight excluding hydrogens is 314 g/mol. The van der Waals surface area contributed by atoms with Crippen LogP contribution in [0.3, 0.4) is 0 Å². The highest BCUT2D eigenvalue weighted by molar-refractivity contribution is 7.88. The van der Waals surface area contributed by atoms with E-state index in [-0.39, 0.29) is 17.6 Å². The van der Waals surface area contributed by atoms with Crippen molar-refractivity contribution in [2.45, 2.75) is 25.5 Å². The van der Waals surface area contributed by atoms with Crippen molar-refractivity contribution in [3.8, 4) is 6.07 Å². The number of carbonyl (C=O) groups excluding carboxylic acids is 1. The van der Waals surface area contributed by atoms with Gasteiger partial charge in [0.15, 0.2) is 0 Å². The Bertz CT molecular complexity index is 702. The lowest BCUT2D eigenvalue weighted by molar-refractivity contribution is -0.126. The summed E-state index contributed by atoms with van der Waals surface area (Å²) in [5, 5.41) is 11.7. The van der Waals surface area contributed by atoms with Crippen LogP contribution in [0.15, 0.2) is 24.3 Å². The first-order chi connectivity index (χ1) is 11.0. The van der Waals surface area contributed by atoms with Crippen molar-refractivity contribution in [2.75, 3.05) is 19.6 Å². The number of nitrogens with zero attached hydrogens (tertiary/aromatic N) is 2. The highest BCUT2D eigenvalue weighted by atomic mass is 32.2. The molecular formula is C16H21N3O3S. The van der Waals surface area contributed by atoms with Crippen molar-refractivity contribution in [3.63, 3.8) is 0 Å². The Morgan fingerprint density at radius 3 is 2.70 bits per heavy atom. The van der Waals surface area contributed by atoms with Crippen LogP contribution in [0.4, 0.5) is 0 Å². The number of amides is 1. The Kier molecular flexibility index (Phi) is 5.74. The summed E-state index contributed by atoms with van der Waals surface area (Å²) >= 11 is 0. The van der Waals surface area contributed by atoms with E-state index in [0.29, 0.717) is 43.6 Å². The first kappa shape index (κ1) is 17.4. The quantitative estimate of drug-likeness (QED) is 0.876. The van der Waals surface area contributed by atoms with Crippen LogP contribution in [-0.2, 0) is 20.6 Å². The molecule has 0 aliphatic carbocycles. The van der Waals surface area contributed by atoms with E-state index in [4.69, 9.17) is 5.26 Å². The highest BCUT2D eigenvalue weighted by Gasteiger charge is 2.30. The molecule has 0 unspecified atom stereocenters. The van der Waals surface area contributed by atoms with Crippen molar-refractivity contribution in [3.05, 3.63) is 35.4 Å². The Morgan fingerprint density at radius 1 is 1.39 bits per heavy atom. The number of hydrogen-bond donors (Lipinski definition) is 1. The molecule has 0 atom stereocenters. The Hall–Kier alpha value is -1.91. The summed E-state index contributed by atoms with van der Waals surface area (Å²) in [6.45, 7) is 3.18. The summed E-state index contributed by atoms with van der Waals surface area (Å²) in [5.74, 6) is -0.219. The summed E-state index contributed by atoms with van der Waals surface area (Å²) in [4.78, 5) is 11.8. The van der Waals surface area contributed by atoms with Gasteiger partial charge in [0.1, 0.15) is 0 Å². The molecule has 124 valence electrons. The number of benzene rings is 1. The van der Waals surface area contributed by atoms with E-state index in [0.717, 1.165) is 0 Å². The normalized spacial score (nSPS) is 16.7. The molecule has 1 amide bonds. The van der Waals surface area contributed by atoms with E-state index in [2.05, 4.69) is 5.32 Å². The van der Waals surface area contributed by atoms with Crippen LogP contribution >= 0.6 is 0 Å². The third kappa shape index (κ3) is 4.53. The predicted octanol–water partition coefficient (Wildman–Crippen LogP) is 1.24. The Morgan fingerprint density at radius 2 is 2.09 bits per heavy atom. The van der Waals surface area contributed by atoms with E-state index in [1.54, 1.807) is 24.3 Å². The number of nitriles is 1. The van der Waals surface area contributed by atoms with Gasteiger partial charge in [-0.25, -0.2) is 12.7 Å². The first-order valence-corrected chi connectivity index (χ1v) is 9.31. The SMILES string of the molecule is CCNC(=O)C1CCN(S(=O)(=O)Cc2cccc(C#N)c2)CC1. The number of hydrogen-bond acceptors (Lipinski definition) is 4. The molecule has 1 N–H and O–H groups in total. The van der Waals surface area contributed by atoms with Gasteiger partial charge in [-0.15, -0.1) is 0 Å². The fraction of sp³-hybridized carbons (Fsp3) is 0.500. The molecule has 0 radical (unpaired) electrons. The second-order valence-electron chi connectivity index (χ2n) is 5.64. The molecule has 1 heterocycles. The molecule has 2 rings (SSSR count). The monoisotopic (exact) mass is 335 g/mol. The maximum absolute atomic E-state index is 12.5. The minimum absolute atomic E-state index is 0.00580. The smallest absolute Gasteiger partial charge is 0.223 e. The van der Waals surface area contributed by atoms with Crippen molar-refractivity contribution >= 4 is 15.9 Å². The van der Waals surface area contributed by atoms with E-state index in [9.17, 15) is 13.2 Å². The average molecular weight is 335 g/mol. The summed E-state index contributed by atoms with van der Waals surface area (Å²) < 4.78 is 26.4. The largest absolute Gasteiger partial charge is 0.356 e. The fourth-order valence-electron chi connectivity index (χ4n) is 2.75. The minimum Gasteiger partial charge on any atom is -0.356 e. The Balaban J connectivity index is 1.99. The predicted molar refractivity (Wildman–Crippen MR) is 86.8 cm³/mol. The van der Waals surface area contributed by atoms with Gasteiger partial charge < -0.3 is 5.32 Å². The highest BCUT2D eigenvalue weighted by Crippen LogP contribution is 2.22. The number of piperidine rings is 1. The third-order valence-corrected chi connectivity index (χ3v) is 5.82. The minimum atomic E-state index is -3.43. The average Bonchev–Trinajstić information content (AvgIpc) is 2.55. The van der Waals surface area contributed by atoms with Gasteiger partial charge in [0.25, 0.3) is 0 Å². The number of carbonyl (C=O) groups is 1. The Labute approximate surface area is 137 Å². The van der Waals surface area contributed by atoms with E-state index in [1.165, 1.54) is 4.31 Å². The summed E-state index contributed by atoms with van der Waals surface area (Å²) in [6, 6.07) is 8.65. The van der Waals surface area contributed by atoms with Crippen LogP contribution in [0.25, 0.3) is 0 Å². The number of nitrogens with one attached hydrogen (secondary N) is 1. The second-order valence-corrected chi connectivity index (χ2v) is 7.61. The summed E-state index contributed by atoms with van der Waals surface area (Å²) in [7, 11) is -3.43. The zero-order chi connectivity index (χ0) is 16.9. The van der Waals surface area contributed by atoms with Gasteiger partial charge in [0.2, 0.25) is 15.9 Å². The van der Waals surface area contributed by atoms with Gasteiger partial charge in [-0.2, -0.15) is 5.26 Å². The molecule has 1 saturated heterocycles. The van der Waals surface area contributed by atoms with Crippen LogP contribution in [0, 0.1) is 17.2 Å². The molecule has 0 saturated carbocycles. The van der Waals surface area contributed by atoms with Crippen molar-refractivity contribution in [1.82, 2.24) is 9.62 Å². The number of rotatable bonds is 5. The van der Waals surface area contributed by atoms with Crippen molar-refractivity contribution < 1.29 is 13.2 Å². The van der Waals surface area contributed by atoms with Crippen LogP contribution in [0.1, 0.15) is 30.9 Å². The van der Waals surface area contributed by atoms with E-state index >= 15 is 0 Å². The van der Waals surface area contributed by atoms with Gasteiger partial charge in [-0.3, -0.25) is 4.79 Å². The molecule has 0 bridgehead atoms. The van der Waals surface area contributed by atoms with Gasteiger partial charge in [0.05, 0.1) is 17.4 Å². The van der Waals surface area contributed by atoms with Crippen molar-refractivity contribution in [2.24, 2.45) is 5.92 Å².